The molecule has 0 aliphatic heterocycles. The van der Waals surface area contributed by atoms with Crippen molar-refractivity contribution in [3.63, 3.8) is 0 Å². The summed E-state index contributed by atoms with van der Waals surface area (Å²) in [5, 5.41) is 6.39. The van der Waals surface area contributed by atoms with Gasteiger partial charge in [-0.3, -0.25) is 9.78 Å². The molecule has 0 spiro atoms. The van der Waals surface area contributed by atoms with Crippen LogP contribution < -0.4 is 10.6 Å². The van der Waals surface area contributed by atoms with Gasteiger partial charge in [0.25, 0.3) is 5.91 Å². The van der Waals surface area contributed by atoms with E-state index in [1.54, 1.807) is 24.4 Å². The molecule has 0 aliphatic carbocycles. The van der Waals surface area contributed by atoms with E-state index >= 15 is 0 Å². The van der Waals surface area contributed by atoms with E-state index in [1.807, 2.05) is 13.0 Å². The van der Waals surface area contributed by atoms with Crippen LogP contribution in [0.15, 0.2) is 41.1 Å². The Morgan fingerprint density at radius 2 is 2.15 bits per heavy atom. The van der Waals surface area contributed by atoms with E-state index in [-0.39, 0.29) is 5.91 Å². The van der Waals surface area contributed by atoms with Crippen LogP contribution in [0.2, 0.25) is 5.02 Å². The predicted molar refractivity (Wildman–Crippen MR) is 85.5 cm³/mol. The first-order valence-electron chi connectivity index (χ1n) is 6.06. The first-order chi connectivity index (χ1) is 9.61. The molecule has 6 heteroatoms. The van der Waals surface area contributed by atoms with E-state index < -0.39 is 0 Å². The van der Waals surface area contributed by atoms with Gasteiger partial charge in [-0.25, -0.2) is 0 Å². The summed E-state index contributed by atoms with van der Waals surface area (Å²) in [6.07, 6.45) is 3.17. The lowest BCUT2D eigenvalue weighted by Gasteiger charge is -2.11. The molecule has 2 N–H and O–H groups in total. The quantitative estimate of drug-likeness (QED) is 0.866. The minimum Gasteiger partial charge on any atom is -0.385 e. The van der Waals surface area contributed by atoms with Gasteiger partial charge >= 0.3 is 0 Å². The summed E-state index contributed by atoms with van der Waals surface area (Å²) in [4.78, 5) is 16.3. The topological polar surface area (TPSA) is 54.0 Å². The number of aromatic nitrogens is 1. The SMILES string of the molecule is CCNc1ccncc1C(=O)Nc1cc(Br)ccc1Cl. The molecule has 1 aromatic heterocycles. The molecule has 0 fully saturated rings. The second-order valence-electron chi connectivity index (χ2n) is 4.03. The molecule has 0 aliphatic rings. The second kappa shape index (κ2) is 6.72. The fourth-order valence-corrected chi connectivity index (χ4v) is 2.23. The number of carbonyl (C=O) groups is 1. The van der Waals surface area contributed by atoms with Crippen molar-refractivity contribution in [3.8, 4) is 0 Å². The molecule has 1 heterocycles. The molecular weight excluding hydrogens is 342 g/mol. The Kier molecular flexibility index (Phi) is 4.98. The normalized spacial score (nSPS) is 10.2. The second-order valence-corrected chi connectivity index (χ2v) is 5.35. The molecule has 0 atom stereocenters. The van der Waals surface area contributed by atoms with Crippen LogP contribution >= 0.6 is 27.5 Å². The van der Waals surface area contributed by atoms with Crippen molar-refractivity contribution < 1.29 is 4.79 Å². The molecule has 4 nitrogen and oxygen atoms in total. The fraction of sp³-hybridized carbons (Fsp3) is 0.143. The Morgan fingerprint density at radius 3 is 2.90 bits per heavy atom. The highest BCUT2D eigenvalue weighted by atomic mass is 79.9. The molecule has 2 rings (SSSR count). The first kappa shape index (κ1) is 14.8. The number of carbonyl (C=O) groups excluding carboxylic acids is 1. The molecular formula is C14H13BrClN3O. The summed E-state index contributed by atoms with van der Waals surface area (Å²) in [7, 11) is 0. The molecule has 2 aromatic rings. The fourth-order valence-electron chi connectivity index (χ4n) is 1.70. The van der Waals surface area contributed by atoms with Crippen LogP contribution in [0.1, 0.15) is 17.3 Å². The minimum absolute atomic E-state index is 0.256. The highest BCUT2D eigenvalue weighted by molar-refractivity contribution is 9.10. The zero-order valence-corrected chi connectivity index (χ0v) is 13.1. The van der Waals surface area contributed by atoms with Gasteiger partial charge < -0.3 is 10.6 Å². The maximum Gasteiger partial charge on any atom is 0.259 e. The van der Waals surface area contributed by atoms with Crippen molar-refractivity contribution in [1.82, 2.24) is 4.98 Å². The standard InChI is InChI=1S/C14H13BrClN3O/c1-2-18-12-5-6-17-8-10(12)14(20)19-13-7-9(15)3-4-11(13)16/h3-8H,2H2,1H3,(H,17,18)(H,19,20). The van der Waals surface area contributed by atoms with Gasteiger partial charge in [0.15, 0.2) is 0 Å². The molecule has 0 radical (unpaired) electrons. The maximum absolute atomic E-state index is 12.3. The molecule has 0 saturated heterocycles. The number of anilines is 2. The summed E-state index contributed by atoms with van der Waals surface area (Å²) < 4.78 is 0.843. The monoisotopic (exact) mass is 353 g/mol. The Labute approximate surface area is 130 Å². The Morgan fingerprint density at radius 1 is 1.35 bits per heavy atom. The van der Waals surface area contributed by atoms with E-state index in [2.05, 4.69) is 31.5 Å². The molecule has 1 amide bonds. The van der Waals surface area contributed by atoms with Crippen molar-refractivity contribution in [2.24, 2.45) is 0 Å². The van der Waals surface area contributed by atoms with Crippen LogP contribution in [0.5, 0.6) is 0 Å². The van der Waals surface area contributed by atoms with Crippen LogP contribution in [-0.2, 0) is 0 Å². The zero-order valence-electron chi connectivity index (χ0n) is 10.8. The van der Waals surface area contributed by atoms with Crippen molar-refractivity contribution in [2.75, 3.05) is 17.2 Å². The Hall–Kier alpha value is -1.59. The first-order valence-corrected chi connectivity index (χ1v) is 7.23. The third-order valence-corrected chi connectivity index (χ3v) is 3.43. The van der Waals surface area contributed by atoms with Crippen molar-refractivity contribution in [3.05, 3.63) is 51.7 Å². The van der Waals surface area contributed by atoms with Gasteiger partial charge in [-0.05, 0) is 31.2 Å². The smallest absolute Gasteiger partial charge is 0.259 e. The van der Waals surface area contributed by atoms with Gasteiger partial charge in [-0.1, -0.05) is 27.5 Å². The Balaban J connectivity index is 2.26. The van der Waals surface area contributed by atoms with E-state index in [9.17, 15) is 4.79 Å². The highest BCUT2D eigenvalue weighted by Crippen LogP contribution is 2.26. The average Bonchev–Trinajstić information content (AvgIpc) is 2.44. The largest absolute Gasteiger partial charge is 0.385 e. The summed E-state index contributed by atoms with van der Waals surface area (Å²) in [5.41, 5.74) is 1.77. The third kappa shape index (κ3) is 3.49. The molecule has 0 saturated carbocycles. The van der Waals surface area contributed by atoms with Crippen LogP contribution in [0.3, 0.4) is 0 Å². The van der Waals surface area contributed by atoms with Gasteiger partial charge in [0.1, 0.15) is 0 Å². The van der Waals surface area contributed by atoms with Crippen LogP contribution in [0.25, 0.3) is 0 Å². The Bertz CT molecular complexity index is 634. The summed E-state index contributed by atoms with van der Waals surface area (Å²) >= 11 is 9.41. The number of halogens is 2. The van der Waals surface area contributed by atoms with E-state index in [1.165, 1.54) is 6.20 Å². The number of benzene rings is 1. The van der Waals surface area contributed by atoms with Crippen LogP contribution in [-0.4, -0.2) is 17.4 Å². The van der Waals surface area contributed by atoms with Gasteiger partial charge in [-0.2, -0.15) is 0 Å². The molecule has 1 aromatic carbocycles. The van der Waals surface area contributed by atoms with Crippen molar-refractivity contribution in [2.45, 2.75) is 6.92 Å². The third-order valence-electron chi connectivity index (χ3n) is 2.61. The summed E-state index contributed by atoms with van der Waals surface area (Å²) in [5.74, 6) is -0.256. The average molecular weight is 355 g/mol. The lowest BCUT2D eigenvalue weighted by atomic mass is 10.2. The number of nitrogens with zero attached hydrogens (tertiary/aromatic N) is 1. The number of rotatable bonds is 4. The predicted octanol–water partition coefficient (Wildman–Crippen LogP) is 4.18. The number of pyridine rings is 1. The number of hydrogen-bond acceptors (Lipinski definition) is 3. The highest BCUT2D eigenvalue weighted by Gasteiger charge is 2.13. The number of nitrogens with one attached hydrogen (secondary N) is 2. The summed E-state index contributed by atoms with van der Waals surface area (Å²) in [6.45, 7) is 2.69. The van der Waals surface area contributed by atoms with Gasteiger partial charge in [0.2, 0.25) is 0 Å². The van der Waals surface area contributed by atoms with Gasteiger partial charge in [-0.15, -0.1) is 0 Å². The maximum atomic E-state index is 12.3. The van der Waals surface area contributed by atoms with Crippen molar-refractivity contribution in [1.29, 1.82) is 0 Å². The van der Waals surface area contributed by atoms with E-state index in [4.69, 9.17) is 11.6 Å². The van der Waals surface area contributed by atoms with Gasteiger partial charge in [0.05, 0.1) is 22.0 Å². The van der Waals surface area contributed by atoms with Crippen molar-refractivity contribution >= 4 is 44.8 Å². The summed E-state index contributed by atoms with van der Waals surface area (Å²) in [6, 6.07) is 7.05. The van der Waals surface area contributed by atoms with Crippen LogP contribution in [0.4, 0.5) is 11.4 Å². The lowest BCUT2D eigenvalue weighted by Crippen LogP contribution is -2.15. The molecule has 20 heavy (non-hydrogen) atoms. The lowest BCUT2D eigenvalue weighted by molar-refractivity contribution is 0.102. The molecule has 0 unspecified atom stereocenters. The number of amides is 1. The molecule has 0 bridgehead atoms. The molecule has 104 valence electrons. The van der Waals surface area contributed by atoms with E-state index in [0.717, 1.165) is 16.7 Å². The van der Waals surface area contributed by atoms with Crippen LogP contribution in [0, 0.1) is 0 Å². The van der Waals surface area contributed by atoms with Gasteiger partial charge in [0, 0.05) is 23.4 Å². The minimum atomic E-state index is -0.256. The number of hydrogen-bond donors (Lipinski definition) is 2. The van der Waals surface area contributed by atoms with E-state index in [0.29, 0.717) is 16.3 Å². The zero-order chi connectivity index (χ0) is 14.5.